The molecule has 1 atom stereocenters. The summed E-state index contributed by atoms with van der Waals surface area (Å²) in [5.74, 6) is -1.03. The van der Waals surface area contributed by atoms with Crippen molar-refractivity contribution in [3.05, 3.63) is 59.9 Å². The van der Waals surface area contributed by atoms with Crippen LogP contribution in [0.15, 0.2) is 48.5 Å². The fourth-order valence-corrected chi connectivity index (χ4v) is 4.36. The minimum absolute atomic E-state index is 0.0146. The third-order valence-electron chi connectivity index (χ3n) is 5.23. The predicted molar refractivity (Wildman–Crippen MR) is 130 cm³/mol. The summed E-state index contributed by atoms with van der Waals surface area (Å²) in [6, 6.07) is 11.2. The summed E-state index contributed by atoms with van der Waals surface area (Å²) in [7, 11) is -2.46. The fourth-order valence-electron chi connectivity index (χ4n) is 3.50. The smallest absolute Gasteiger partial charge is 0.244 e. The maximum atomic E-state index is 13.5. The second kappa shape index (κ2) is 12.4. The molecule has 0 aliphatic heterocycles. The number of methoxy groups -OCH3 is 1. The minimum Gasteiger partial charge on any atom is -0.495 e. The van der Waals surface area contributed by atoms with Crippen molar-refractivity contribution in [3.63, 3.8) is 0 Å². The summed E-state index contributed by atoms with van der Waals surface area (Å²) >= 11 is 0. The molecule has 2 amide bonds. The summed E-state index contributed by atoms with van der Waals surface area (Å²) < 4.78 is 45.0. The van der Waals surface area contributed by atoms with Crippen LogP contribution >= 0.6 is 0 Å². The Morgan fingerprint density at radius 2 is 1.74 bits per heavy atom. The van der Waals surface area contributed by atoms with Gasteiger partial charge in [0.1, 0.15) is 24.2 Å². The number of carbonyl (C=O) groups is 2. The predicted octanol–water partition coefficient (Wildman–Crippen LogP) is 2.93. The molecule has 0 bridgehead atoms. The van der Waals surface area contributed by atoms with Crippen LogP contribution in [0.25, 0.3) is 0 Å². The van der Waals surface area contributed by atoms with E-state index in [-0.39, 0.29) is 18.1 Å². The topological polar surface area (TPSA) is 96.0 Å². The van der Waals surface area contributed by atoms with Gasteiger partial charge < -0.3 is 15.0 Å². The van der Waals surface area contributed by atoms with E-state index in [4.69, 9.17) is 4.74 Å². The number of benzene rings is 2. The molecule has 34 heavy (non-hydrogen) atoms. The largest absolute Gasteiger partial charge is 0.495 e. The van der Waals surface area contributed by atoms with Gasteiger partial charge in [0.25, 0.3) is 0 Å². The van der Waals surface area contributed by atoms with Gasteiger partial charge in [-0.3, -0.25) is 13.9 Å². The van der Waals surface area contributed by atoms with E-state index in [1.54, 1.807) is 31.2 Å². The average Bonchev–Trinajstić information content (AvgIpc) is 2.81. The summed E-state index contributed by atoms with van der Waals surface area (Å²) in [4.78, 5) is 27.7. The van der Waals surface area contributed by atoms with Crippen molar-refractivity contribution >= 4 is 27.5 Å². The van der Waals surface area contributed by atoms with Crippen LogP contribution < -0.4 is 14.4 Å². The Kier molecular flexibility index (Phi) is 9.85. The first-order valence-electron chi connectivity index (χ1n) is 11.0. The Labute approximate surface area is 200 Å². The number of anilines is 1. The van der Waals surface area contributed by atoms with Crippen molar-refractivity contribution in [3.8, 4) is 5.75 Å². The van der Waals surface area contributed by atoms with Crippen LogP contribution in [0.3, 0.4) is 0 Å². The standard InChI is InChI=1S/C24H32FN3O5S/c1-5-15-26-24(30)20(6-2)27(16-18-11-13-19(25)14-12-18)23(29)17-28(34(4,31)32)21-9-7-8-10-22(21)33-3/h7-14,20H,5-6,15-17H2,1-4H3,(H,26,30)/t20-/m1/s1. The summed E-state index contributed by atoms with van der Waals surface area (Å²) in [5.41, 5.74) is 0.825. The molecule has 1 N–H and O–H groups in total. The average molecular weight is 494 g/mol. The quantitative estimate of drug-likeness (QED) is 0.491. The van der Waals surface area contributed by atoms with Gasteiger partial charge in [-0.25, -0.2) is 12.8 Å². The fraction of sp³-hybridized carbons (Fsp3) is 0.417. The van der Waals surface area contributed by atoms with Crippen LogP contribution in [0.4, 0.5) is 10.1 Å². The zero-order valence-electron chi connectivity index (χ0n) is 20.0. The van der Waals surface area contributed by atoms with E-state index in [0.717, 1.165) is 17.0 Å². The van der Waals surface area contributed by atoms with E-state index in [1.165, 1.54) is 36.3 Å². The number of ether oxygens (including phenoxy) is 1. The first-order chi connectivity index (χ1) is 16.1. The van der Waals surface area contributed by atoms with E-state index < -0.39 is 34.3 Å². The number of halogens is 1. The summed E-state index contributed by atoms with van der Waals surface area (Å²) in [5, 5.41) is 2.80. The van der Waals surface area contributed by atoms with Gasteiger partial charge in [-0.1, -0.05) is 38.1 Å². The summed E-state index contributed by atoms with van der Waals surface area (Å²) in [6.07, 6.45) is 2.04. The number of nitrogens with zero attached hydrogens (tertiary/aromatic N) is 2. The maximum Gasteiger partial charge on any atom is 0.244 e. The van der Waals surface area contributed by atoms with Crippen LogP contribution in [-0.2, 0) is 26.2 Å². The summed E-state index contributed by atoms with van der Waals surface area (Å²) in [6.45, 7) is 3.62. The van der Waals surface area contributed by atoms with E-state index in [2.05, 4.69) is 5.32 Å². The number of para-hydroxylation sites is 2. The molecular formula is C24H32FN3O5S. The Morgan fingerprint density at radius 1 is 1.09 bits per heavy atom. The lowest BCUT2D eigenvalue weighted by Gasteiger charge is -2.33. The number of nitrogens with one attached hydrogen (secondary N) is 1. The van der Waals surface area contributed by atoms with Gasteiger partial charge in [0.2, 0.25) is 21.8 Å². The Balaban J connectivity index is 2.45. The molecule has 0 radical (unpaired) electrons. The van der Waals surface area contributed by atoms with Gasteiger partial charge in [-0.15, -0.1) is 0 Å². The molecule has 0 aliphatic carbocycles. The monoisotopic (exact) mass is 493 g/mol. The number of sulfonamides is 1. The maximum absolute atomic E-state index is 13.5. The van der Waals surface area contributed by atoms with Gasteiger partial charge in [-0.05, 0) is 42.7 Å². The second-order valence-electron chi connectivity index (χ2n) is 7.80. The highest BCUT2D eigenvalue weighted by molar-refractivity contribution is 7.92. The minimum atomic E-state index is -3.87. The zero-order chi connectivity index (χ0) is 25.3. The van der Waals surface area contributed by atoms with Crippen molar-refractivity contribution in [2.75, 3.05) is 30.8 Å². The molecule has 0 spiro atoms. The molecule has 0 fully saturated rings. The molecule has 2 aromatic rings. The van der Waals surface area contributed by atoms with Gasteiger partial charge in [-0.2, -0.15) is 0 Å². The van der Waals surface area contributed by atoms with Crippen molar-refractivity contribution in [2.45, 2.75) is 39.3 Å². The lowest BCUT2D eigenvalue weighted by atomic mass is 10.1. The second-order valence-corrected chi connectivity index (χ2v) is 9.71. The van der Waals surface area contributed by atoms with E-state index >= 15 is 0 Å². The van der Waals surface area contributed by atoms with E-state index in [0.29, 0.717) is 24.3 Å². The molecule has 0 saturated carbocycles. The number of hydrogen-bond donors (Lipinski definition) is 1. The number of hydrogen-bond acceptors (Lipinski definition) is 5. The molecular weight excluding hydrogens is 461 g/mol. The Hall–Kier alpha value is -3.14. The molecule has 0 unspecified atom stereocenters. The Morgan fingerprint density at radius 3 is 2.29 bits per heavy atom. The van der Waals surface area contributed by atoms with Crippen molar-refractivity contribution < 1.29 is 27.1 Å². The highest BCUT2D eigenvalue weighted by Gasteiger charge is 2.32. The number of carbonyl (C=O) groups excluding carboxylic acids is 2. The van der Waals surface area contributed by atoms with Gasteiger partial charge in [0.05, 0.1) is 19.1 Å². The SMILES string of the molecule is CCCNC(=O)[C@@H](CC)N(Cc1ccc(F)cc1)C(=O)CN(c1ccccc1OC)S(C)(=O)=O. The lowest BCUT2D eigenvalue weighted by Crippen LogP contribution is -2.52. The molecule has 0 heterocycles. The van der Waals surface area contributed by atoms with Crippen LogP contribution in [0, 0.1) is 5.82 Å². The van der Waals surface area contributed by atoms with Crippen molar-refractivity contribution in [1.29, 1.82) is 0 Å². The Bertz CT molecular complexity index is 1080. The van der Waals surface area contributed by atoms with E-state index in [1.807, 2.05) is 6.92 Å². The third-order valence-corrected chi connectivity index (χ3v) is 6.36. The molecule has 2 aromatic carbocycles. The van der Waals surface area contributed by atoms with Gasteiger partial charge in [0, 0.05) is 13.1 Å². The molecule has 8 nitrogen and oxygen atoms in total. The van der Waals surface area contributed by atoms with Crippen LogP contribution in [-0.4, -0.2) is 57.6 Å². The van der Waals surface area contributed by atoms with Crippen LogP contribution in [0.5, 0.6) is 5.75 Å². The molecule has 186 valence electrons. The highest BCUT2D eigenvalue weighted by atomic mass is 32.2. The molecule has 0 saturated heterocycles. The third kappa shape index (κ3) is 7.18. The zero-order valence-corrected chi connectivity index (χ0v) is 20.8. The highest BCUT2D eigenvalue weighted by Crippen LogP contribution is 2.29. The lowest BCUT2D eigenvalue weighted by molar-refractivity contribution is -0.140. The molecule has 10 heteroatoms. The molecule has 2 rings (SSSR count). The molecule has 0 aliphatic rings. The van der Waals surface area contributed by atoms with Gasteiger partial charge in [0.15, 0.2) is 0 Å². The number of rotatable bonds is 12. The van der Waals surface area contributed by atoms with E-state index in [9.17, 15) is 22.4 Å². The van der Waals surface area contributed by atoms with Crippen molar-refractivity contribution in [1.82, 2.24) is 10.2 Å². The first-order valence-corrected chi connectivity index (χ1v) is 12.9. The molecule has 0 aromatic heterocycles. The van der Waals surface area contributed by atoms with Crippen LogP contribution in [0.1, 0.15) is 32.3 Å². The number of amides is 2. The first kappa shape index (κ1) is 27.1. The normalized spacial score (nSPS) is 12.0. The van der Waals surface area contributed by atoms with Crippen molar-refractivity contribution in [2.24, 2.45) is 0 Å². The van der Waals surface area contributed by atoms with Crippen LogP contribution in [0.2, 0.25) is 0 Å². The van der Waals surface area contributed by atoms with Gasteiger partial charge >= 0.3 is 0 Å².